The SMILES string of the molecule is CC(C)(C)c1cc(C(c2ccccc2)(c2ccccc2)c2ccccc2)cc(C=N[C@@H]2CCCC[C@H]2N=Cc2cc(C(c3ccccc3)(c3ccccc3)c3ccccc3)cc(C(C)(C)C)c2O)c1O. The molecule has 1 aliphatic carbocycles. The van der Waals surface area contributed by atoms with Crippen molar-refractivity contribution in [3.63, 3.8) is 0 Å². The molecule has 70 heavy (non-hydrogen) atoms. The summed E-state index contributed by atoms with van der Waals surface area (Å²) in [7, 11) is 0. The number of nitrogens with zero attached hydrogens (tertiary/aromatic N) is 2. The third kappa shape index (κ3) is 9.16. The van der Waals surface area contributed by atoms with Gasteiger partial charge in [-0.25, -0.2) is 0 Å². The highest BCUT2D eigenvalue weighted by Gasteiger charge is 2.42. The Morgan fingerprint density at radius 3 is 0.829 bits per heavy atom. The lowest BCUT2D eigenvalue weighted by Crippen LogP contribution is -2.32. The average molecular weight is 919 g/mol. The molecule has 8 aromatic carbocycles. The number of phenols is 2. The van der Waals surface area contributed by atoms with E-state index < -0.39 is 10.8 Å². The van der Waals surface area contributed by atoms with Crippen LogP contribution in [-0.4, -0.2) is 34.7 Å². The molecule has 0 amide bonds. The molecule has 8 aromatic rings. The summed E-state index contributed by atoms with van der Waals surface area (Å²) < 4.78 is 0. The van der Waals surface area contributed by atoms with E-state index in [9.17, 15) is 10.2 Å². The van der Waals surface area contributed by atoms with Crippen LogP contribution in [0.4, 0.5) is 0 Å². The largest absolute Gasteiger partial charge is 0.507 e. The van der Waals surface area contributed by atoms with Crippen molar-refractivity contribution in [3.05, 3.63) is 273 Å². The maximum atomic E-state index is 12.3. The molecule has 0 aromatic heterocycles. The van der Waals surface area contributed by atoms with E-state index in [-0.39, 0.29) is 34.4 Å². The Bertz CT molecular complexity index is 2660. The van der Waals surface area contributed by atoms with E-state index in [1.807, 2.05) is 12.4 Å². The molecule has 0 radical (unpaired) electrons. The summed E-state index contributed by atoms with van der Waals surface area (Å²) in [6.45, 7) is 13.0. The third-order valence-electron chi connectivity index (χ3n) is 14.5. The second-order valence-corrected chi connectivity index (χ2v) is 21.1. The summed E-state index contributed by atoms with van der Waals surface area (Å²) in [6, 6.07) is 72.8. The zero-order chi connectivity index (χ0) is 48.9. The molecule has 1 saturated carbocycles. The van der Waals surface area contributed by atoms with E-state index in [0.29, 0.717) is 11.1 Å². The Morgan fingerprint density at radius 1 is 0.357 bits per heavy atom. The van der Waals surface area contributed by atoms with Crippen molar-refractivity contribution in [3.8, 4) is 11.5 Å². The number of aliphatic imine (C=N–C) groups is 2. The minimum Gasteiger partial charge on any atom is -0.507 e. The molecule has 0 unspecified atom stereocenters. The molecule has 0 spiro atoms. The quantitative estimate of drug-likeness (QED) is 0.0947. The van der Waals surface area contributed by atoms with Crippen molar-refractivity contribution < 1.29 is 10.2 Å². The normalized spacial score (nSPS) is 15.9. The molecule has 2 N–H and O–H groups in total. The van der Waals surface area contributed by atoms with Gasteiger partial charge >= 0.3 is 0 Å². The minimum atomic E-state index is -0.695. The summed E-state index contributed by atoms with van der Waals surface area (Å²) in [4.78, 5) is 10.7. The van der Waals surface area contributed by atoms with Gasteiger partial charge in [0.1, 0.15) is 11.5 Å². The summed E-state index contributed by atoms with van der Waals surface area (Å²) in [6.07, 6.45) is 7.62. The van der Waals surface area contributed by atoms with Crippen LogP contribution < -0.4 is 0 Å². The fraction of sp³-hybridized carbons (Fsp3) is 0.242. The van der Waals surface area contributed by atoms with E-state index in [1.165, 1.54) is 0 Å². The van der Waals surface area contributed by atoms with E-state index in [2.05, 4.69) is 248 Å². The van der Waals surface area contributed by atoms with Crippen LogP contribution in [0.2, 0.25) is 0 Å². The Kier molecular flexibility index (Phi) is 13.6. The van der Waals surface area contributed by atoms with Gasteiger partial charge < -0.3 is 10.2 Å². The van der Waals surface area contributed by atoms with Crippen LogP contribution in [0.15, 0.2) is 216 Å². The molecule has 0 saturated heterocycles. The molecule has 352 valence electrons. The van der Waals surface area contributed by atoms with Crippen LogP contribution in [-0.2, 0) is 21.7 Å². The first kappa shape index (κ1) is 47.8. The molecule has 1 fully saturated rings. The Morgan fingerprint density at radius 2 is 0.600 bits per heavy atom. The zero-order valence-electron chi connectivity index (χ0n) is 41.6. The van der Waals surface area contributed by atoms with E-state index in [1.54, 1.807) is 0 Å². The van der Waals surface area contributed by atoms with Crippen molar-refractivity contribution in [1.82, 2.24) is 0 Å². The molecule has 0 aliphatic heterocycles. The van der Waals surface area contributed by atoms with E-state index in [4.69, 9.17) is 9.98 Å². The fourth-order valence-electron chi connectivity index (χ4n) is 11.0. The lowest BCUT2D eigenvalue weighted by molar-refractivity contribution is 0.390. The Balaban J connectivity index is 1.17. The number of phenolic OH excluding ortho intramolecular Hbond substituents is 2. The van der Waals surface area contributed by atoms with Gasteiger partial charge in [-0.2, -0.15) is 0 Å². The zero-order valence-corrected chi connectivity index (χ0v) is 41.6. The van der Waals surface area contributed by atoms with Crippen LogP contribution in [0.1, 0.15) is 134 Å². The molecule has 9 rings (SSSR count). The maximum absolute atomic E-state index is 12.3. The van der Waals surface area contributed by atoms with Crippen LogP contribution in [0.3, 0.4) is 0 Å². The van der Waals surface area contributed by atoms with Crippen molar-refractivity contribution >= 4 is 12.4 Å². The highest BCUT2D eigenvalue weighted by atomic mass is 16.3. The van der Waals surface area contributed by atoms with Crippen molar-refractivity contribution in [2.45, 2.75) is 101 Å². The summed E-state index contributed by atoms with van der Waals surface area (Å²) >= 11 is 0. The predicted molar refractivity (Wildman–Crippen MR) is 291 cm³/mol. The van der Waals surface area contributed by atoms with E-state index >= 15 is 0 Å². The number of rotatable bonds is 12. The van der Waals surface area contributed by atoms with Crippen LogP contribution in [0.5, 0.6) is 11.5 Å². The van der Waals surface area contributed by atoms with Crippen LogP contribution in [0, 0.1) is 0 Å². The number of hydrogen-bond acceptors (Lipinski definition) is 4. The maximum Gasteiger partial charge on any atom is 0.128 e. The van der Waals surface area contributed by atoms with Gasteiger partial charge in [0.15, 0.2) is 0 Å². The smallest absolute Gasteiger partial charge is 0.128 e. The predicted octanol–water partition coefficient (Wildman–Crippen LogP) is 15.3. The van der Waals surface area contributed by atoms with Crippen molar-refractivity contribution in [2.24, 2.45) is 9.98 Å². The first-order chi connectivity index (χ1) is 33.8. The van der Waals surface area contributed by atoms with Gasteiger partial charge in [0.2, 0.25) is 0 Å². The summed E-state index contributed by atoms with van der Waals surface area (Å²) in [5, 5.41) is 24.6. The molecule has 2 atom stereocenters. The van der Waals surface area contributed by atoms with Crippen molar-refractivity contribution in [1.29, 1.82) is 0 Å². The molecule has 4 heteroatoms. The second kappa shape index (κ2) is 20.0. The molecule has 1 aliphatic rings. The lowest BCUT2D eigenvalue weighted by atomic mass is 9.64. The number of aromatic hydroxyl groups is 2. The summed E-state index contributed by atoms with van der Waals surface area (Å²) in [5.41, 5.74) is 9.88. The highest BCUT2D eigenvalue weighted by Crippen LogP contribution is 2.50. The third-order valence-corrected chi connectivity index (χ3v) is 14.5. The molecular formula is C66H66N2O2. The first-order valence-corrected chi connectivity index (χ1v) is 25.0. The monoisotopic (exact) mass is 919 g/mol. The average Bonchev–Trinajstić information content (AvgIpc) is 3.38. The summed E-state index contributed by atoms with van der Waals surface area (Å²) in [5.74, 6) is 0.489. The lowest BCUT2D eigenvalue weighted by Gasteiger charge is -2.38. The fourth-order valence-corrected chi connectivity index (χ4v) is 11.0. The molecule has 0 bridgehead atoms. The number of hydrogen-bond donors (Lipinski definition) is 2. The molecule has 4 nitrogen and oxygen atoms in total. The number of benzene rings is 8. The van der Waals surface area contributed by atoms with Gasteiger partial charge in [-0.3, -0.25) is 9.98 Å². The van der Waals surface area contributed by atoms with Gasteiger partial charge in [0.05, 0.1) is 22.9 Å². The molecular weight excluding hydrogens is 853 g/mol. The Labute approximate surface area is 416 Å². The van der Waals surface area contributed by atoms with Gasteiger partial charge in [-0.1, -0.05) is 236 Å². The Hall–Kier alpha value is -7.30. The van der Waals surface area contributed by atoms with E-state index in [0.717, 1.165) is 81.3 Å². The standard InChI is InChI=1S/C66H66N2O2/c1-63(2,3)57-43-55(65(49-27-13-7-14-28-49,50-29-15-8-16-30-50)51-31-17-9-18-32-51)41-47(61(57)69)45-67-59-39-25-26-40-60(59)68-46-48-42-56(44-58(62(48)70)64(4,5)6)66(52-33-19-10-20-34-52,53-35-21-11-22-36-53)54-37-23-12-24-38-54/h7-24,27-38,41-46,59-60,69-70H,25-26,39-40H2,1-6H3/t59-,60-/m1/s1. The van der Waals surface area contributed by atoms with Crippen molar-refractivity contribution in [2.75, 3.05) is 0 Å². The molecule has 0 heterocycles. The topological polar surface area (TPSA) is 65.2 Å². The highest BCUT2D eigenvalue weighted by molar-refractivity contribution is 5.87. The van der Waals surface area contributed by atoms with Gasteiger partial charge in [0, 0.05) is 34.7 Å². The first-order valence-electron chi connectivity index (χ1n) is 25.0. The van der Waals surface area contributed by atoms with Crippen LogP contribution >= 0.6 is 0 Å². The minimum absolute atomic E-state index is 0.127. The van der Waals surface area contributed by atoms with Gasteiger partial charge in [-0.05, 0) is 92.4 Å². The second-order valence-electron chi connectivity index (χ2n) is 21.1. The van der Waals surface area contributed by atoms with Crippen LogP contribution in [0.25, 0.3) is 0 Å². The van der Waals surface area contributed by atoms with Gasteiger partial charge in [0.25, 0.3) is 0 Å². The van der Waals surface area contributed by atoms with Gasteiger partial charge in [-0.15, -0.1) is 0 Å².